The molecule has 1 aliphatic heterocycles. The van der Waals surface area contributed by atoms with Gasteiger partial charge >= 0.3 is 12.1 Å². The van der Waals surface area contributed by atoms with Crippen molar-refractivity contribution in [3.05, 3.63) is 11.6 Å². The van der Waals surface area contributed by atoms with Gasteiger partial charge in [-0.05, 0) is 6.92 Å². The zero-order valence-corrected chi connectivity index (χ0v) is 10.4. The fourth-order valence-electron chi connectivity index (χ4n) is 1.42. The number of amides is 1. The predicted molar refractivity (Wildman–Crippen MR) is 58.1 cm³/mol. The number of hydrogen-bond acceptors (Lipinski definition) is 4. The molecule has 0 aromatic carbocycles. The maximum atomic E-state index is 12.2. The van der Waals surface area contributed by atoms with Crippen molar-refractivity contribution < 1.29 is 32.2 Å². The molecule has 0 aliphatic carbocycles. The molecule has 0 bridgehead atoms. The van der Waals surface area contributed by atoms with Crippen LogP contribution in [0.2, 0.25) is 0 Å². The molecule has 1 atom stereocenters. The third kappa shape index (κ3) is 4.23. The highest BCUT2D eigenvalue weighted by Gasteiger charge is 2.36. The highest BCUT2D eigenvalue weighted by Crippen LogP contribution is 2.24. The van der Waals surface area contributed by atoms with Crippen molar-refractivity contribution in [2.75, 3.05) is 20.3 Å². The van der Waals surface area contributed by atoms with E-state index in [0.717, 1.165) is 14.0 Å². The van der Waals surface area contributed by atoms with Gasteiger partial charge in [-0.2, -0.15) is 13.2 Å². The van der Waals surface area contributed by atoms with Gasteiger partial charge in [0.15, 0.2) is 0 Å². The van der Waals surface area contributed by atoms with Crippen molar-refractivity contribution in [1.82, 2.24) is 5.32 Å². The van der Waals surface area contributed by atoms with Crippen molar-refractivity contribution in [3.63, 3.8) is 0 Å². The lowest BCUT2D eigenvalue weighted by Crippen LogP contribution is -2.52. The molecule has 1 aliphatic rings. The van der Waals surface area contributed by atoms with Crippen LogP contribution in [0.25, 0.3) is 0 Å². The number of nitrogens with one attached hydrogen (secondary N) is 1. The summed E-state index contributed by atoms with van der Waals surface area (Å²) in [6.45, 7) is 1.28. The van der Waals surface area contributed by atoms with Crippen LogP contribution in [0, 0.1) is 5.92 Å². The molecule has 0 radical (unpaired) electrons. The van der Waals surface area contributed by atoms with Crippen LogP contribution in [0.4, 0.5) is 13.2 Å². The summed E-state index contributed by atoms with van der Waals surface area (Å²) in [7, 11) is 1.14. The smallest absolute Gasteiger partial charge is 0.412 e. The molecule has 1 amide bonds. The van der Waals surface area contributed by atoms with Crippen molar-refractivity contribution in [2.24, 2.45) is 5.92 Å². The average molecular weight is 281 g/mol. The van der Waals surface area contributed by atoms with E-state index in [0.29, 0.717) is 6.08 Å². The lowest BCUT2D eigenvalue weighted by atomic mass is 9.98. The molecule has 0 aromatic rings. The number of rotatable bonds is 4. The summed E-state index contributed by atoms with van der Waals surface area (Å²) in [5.74, 6) is -1.98. The minimum atomic E-state index is -4.57. The van der Waals surface area contributed by atoms with Crippen LogP contribution >= 0.6 is 0 Å². The van der Waals surface area contributed by atoms with Gasteiger partial charge in [0.1, 0.15) is 6.04 Å². The van der Waals surface area contributed by atoms with E-state index in [1.54, 1.807) is 0 Å². The van der Waals surface area contributed by atoms with Crippen LogP contribution in [0.15, 0.2) is 11.6 Å². The molecule has 1 rings (SSSR count). The quantitative estimate of drug-likeness (QED) is 0.611. The molecular weight excluding hydrogens is 267 g/mol. The van der Waals surface area contributed by atoms with Gasteiger partial charge in [0, 0.05) is 17.6 Å². The lowest BCUT2D eigenvalue weighted by Gasteiger charge is -2.32. The second-order valence-electron chi connectivity index (χ2n) is 4.13. The predicted octanol–water partition coefficient (Wildman–Crippen LogP) is 0.799. The van der Waals surface area contributed by atoms with E-state index in [2.05, 4.69) is 10.1 Å². The standard InChI is InChI=1S/C11H14F3NO4/c1-6(11(12,13)14)3-8(16)15-9(10(17)18-2)7-4-19-5-7/h3,7,9H,4-5H2,1-2H3,(H,15,16)/b6-3+. The van der Waals surface area contributed by atoms with Gasteiger partial charge in [-0.3, -0.25) is 4.79 Å². The Kier molecular flexibility index (Phi) is 4.93. The monoisotopic (exact) mass is 281 g/mol. The fraction of sp³-hybridized carbons (Fsp3) is 0.636. The van der Waals surface area contributed by atoms with Gasteiger partial charge in [0.05, 0.1) is 20.3 Å². The molecule has 0 aromatic heterocycles. The zero-order chi connectivity index (χ0) is 14.6. The molecule has 5 nitrogen and oxygen atoms in total. The zero-order valence-electron chi connectivity index (χ0n) is 10.4. The van der Waals surface area contributed by atoms with Crippen LogP contribution in [0.3, 0.4) is 0 Å². The number of ether oxygens (including phenoxy) is 2. The summed E-state index contributed by atoms with van der Waals surface area (Å²) < 4.78 is 46.1. The molecule has 1 saturated heterocycles. The topological polar surface area (TPSA) is 64.6 Å². The van der Waals surface area contributed by atoms with E-state index in [9.17, 15) is 22.8 Å². The van der Waals surface area contributed by atoms with Crippen LogP contribution in [-0.2, 0) is 19.1 Å². The number of halogens is 3. The summed E-state index contributed by atoms with van der Waals surface area (Å²) in [5, 5.41) is 2.20. The Morgan fingerprint density at radius 2 is 2.00 bits per heavy atom. The van der Waals surface area contributed by atoms with Gasteiger partial charge in [0.25, 0.3) is 0 Å². The summed E-state index contributed by atoms with van der Waals surface area (Å²) in [6, 6.07) is -0.997. The van der Waals surface area contributed by atoms with Crippen LogP contribution in [-0.4, -0.2) is 44.4 Å². The van der Waals surface area contributed by atoms with Crippen molar-refractivity contribution in [3.8, 4) is 0 Å². The number of hydrogen-bond donors (Lipinski definition) is 1. The molecule has 108 valence electrons. The van der Waals surface area contributed by atoms with Crippen LogP contribution in [0.5, 0.6) is 0 Å². The van der Waals surface area contributed by atoms with Gasteiger partial charge < -0.3 is 14.8 Å². The van der Waals surface area contributed by atoms with Crippen LogP contribution in [0.1, 0.15) is 6.92 Å². The number of carbonyl (C=O) groups is 2. The minimum absolute atomic E-state index is 0.252. The van der Waals surface area contributed by atoms with Crippen molar-refractivity contribution in [1.29, 1.82) is 0 Å². The number of esters is 1. The van der Waals surface area contributed by atoms with E-state index in [1.807, 2.05) is 0 Å². The Morgan fingerprint density at radius 3 is 2.37 bits per heavy atom. The van der Waals surface area contributed by atoms with Gasteiger partial charge in [-0.1, -0.05) is 0 Å². The summed E-state index contributed by atoms with van der Waals surface area (Å²) in [4.78, 5) is 22.9. The first-order chi connectivity index (χ1) is 8.75. The summed E-state index contributed by atoms with van der Waals surface area (Å²) in [6.07, 6.45) is -4.16. The highest BCUT2D eigenvalue weighted by molar-refractivity contribution is 5.92. The molecule has 1 N–H and O–H groups in total. The Labute approximate surface area is 107 Å². The Balaban J connectivity index is 2.69. The van der Waals surface area contributed by atoms with Crippen LogP contribution < -0.4 is 5.32 Å². The fourth-order valence-corrected chi connectivity index (χ4v) is 1.42. The van der Waals surface area contributed by atoms with E-state index >= 15 is 0 Å². The number of methoxy groups -OCH3 is 1. The van der Waals surface area contributed by atoms with Crippen molar-refractivity contribution in [2.45, 2.75) is 19.1 Å². The van der Waals surface area contributed by atoms with E-state index < -0.39 is 29.7 Å². The number of alkyl halides is 3. The number of carbonyl (C=O) groups excluding carboxylic acids is 2. The molecule has 8 heteroatoms. The Bertz CT molecular complexity index is 388. The molecule has 1 fully saturated rings. The van der Waals surface area contributed by atoms with Gasteiger partial charge in [0.2, 0.25) is 5.91 Å². The minimum Gasteiger partial charge on any atom is -0.467 e. The molecule has 1 heterocycles. The average Bonchev–Trinajstić information content (AvgIpc) is 2.23. The highest BCUT2D eigenvalue weighted by atomic mass is 19.4. The number of allylic oxidation sites excluding steroid dienone is 1. The maximum absolute atomic E-state index is 12.2. The van der Waals surface area contributed by atoms with E-state index in [4.69, 9.17) is 4.74 Å². The first kappa shape index (κ1) is 15.5. The third-order valence-electron chi connectivity index (χ3n) is 2.68. The molecular formula is C11H14F3NO4. The molecule has 19 heavy (non-hydrogen) atoms. The normalized spacial score (nSPS) is 18.5. The largest absolute Gasteiger partial charge is 0.467 e. The van der Waals surface area contributed by atoms with Gasteiger partial charge in [-0.25, -0.2) is 4.79 Å². The third-order valence-corrected chi connectivity index (χ3v) is 2.68. The Morgan fingerprint density at radius 1 is 1.42 bits per heavy atom. The van der Waals surface area contributed by atoms with Crippen molar-refractivity contribution >= 4 is 11.9 Å². The van der Waals surface area contributed by atoms with E-state index in [-0.39, 0.29) is 19.1 Å². The van der Waals surface area contributed by atoms with Gasteiger partial charge in [-0.15, -0.1) is 0 Å². The second kappa shape index (κ2) is 6.05. The molecule has 0 spiro atoms. The maximum Gasteiger partial charge on any atom is 0.412 e. The lowest BCUT2D eigenvalue weighted by molar-refractivity contribution is -0.152. The first-order valence-electron chi connectivity index (χ1n) is 5.47. The summed E-state index contributed by atoms with van der Waals surface area (Å²) in [5.41, 5.74) is -1.04. The SMILES string of the molecule is COC(=O)C(NC(=O)/C=C(\C)C(F)(F)F)C1COC1. The second-order valence-corrected chi connectivity index (χ2v) is 4.13. The summed E-state index contributed by atoms with van der Waals surface area (Å²) >= 11 is 0. The Hall–Kier alpha value is -1.57. The van der Waals surface area contributed by atoms with E-state index in [1.165, 1.54) is 0 Å². The molecule has 0 saturated carbocycles. The molecule has 1 unspecified atom stereocenters. The first-order valence-corrected chi connectivity index (χ1v) is 5.47.